The van der Waals surface area contributed by atoms with E-state index in [4.69, 9.17) is 0 Å². The molecule has 0 saturated heterocycles. The third kappa shape index (κ3) is 4.85. The fraction of sp³-hybridized carbons (Fsp3) is 0.227. The second kappa shape index (κ2) is 8.99. The lowest BCUT2D eigenvalue weighted by Gasteiger charge is -2.14. The molecule has 0 radical (unpaired) electrons. The molecule has 2 N–H and O–H groups in total. The van der Waals surface area contributed by atoms with Gasteiger partial charge in [-0.05, 0) is 43.2 Å². The molecule has 28 heavy (non-hydrogen) atoms. The molecule has 0 aliphatic carbocycles. The molecule has 0 fully saturated rings. The fourth-order valence-electron chi connectivity index (χ4n) is 2.74. The fourth-order valence-corrected chi connectivity index (χ4v) is 2.74. The van der Waals surface area contributed by atoms with Crippen LogP contribution in [0.25, 0.3) is 0 Å². The Balaban J connectivity index is 1.70. The van der Waals surface area contributed by atoms with Gasteiger partial charge in [0.15, 0.2) is 0 Å². The number of nitrogens with zero attached hydrogens (tertiary/aromatic N) is 2. The molecule has 0 aliphatic rings. The highest BCUT2D eigenvalue weighted by Gasteiger charge is 2.15. The van der Waals surface area contributed by atoms with Gasteiger partial charge >= 0.3 is 0 Å². The van der Waals surface area contributed by atoms with E-state index in [2.05, 4.69) is 15.6 Å². The number of amides is 2. The third-order valence-electron chi connectivity index (χ3n) is 4.55. The Labute approximate surface area is 164 Å². The Kier molecular flexibility index (Phi) is 6.22. The van der Waals surface area contributed by atoms with Crippen LogP contribution in [0.1, 0.15) is 46.5 Å². The quantitative estimate of drug-likeness (QED) is 0.660. The predicted octanol–water partition coefficient (Wildman–Crippen LogP) is 3.71. The monoisotopic (exact) mass is 376 g/mol. The maximum absolute atomic E-state index is 12.6. The van der Waals surface area contributed by atoms with Crippen molar-refractivity contribution in [3.05, 3.63) is 83.9 Å². The zero-order valence-corrected chi connectivity index (χ0v) is 16.1. The van der Waals surface area contributed by atoms with Gasteiger partial charge in [0.25, 0.3) is 11.8 Å². The van der Waals surface area contributed by atoms with E-state index in [9.17, 15) is 9.59 Å². The summed E-state index contributed by atoms with van der Waals surface area (Å²) in [4.78, 5) is 29.1. The Morgan fingerprint density at radius 1 is 1.07 bits per heavy atom. The molecule has 2 amide bonds. The first-order valence-corrected chi connectivity index (χ1v) is 9.32. The first kappa shape index (κ1) is 19.4. The van der Waals surface area contributed by atoms with Crippen LogP contribution in [-0.4, -0.2) is 27.4 Å². The summed E-state index contributed by atoms with van der Waals surface area (Å²) >= 11 is 0. The summed E-state index contributed by atoms with van der Waals surface area (Å²) in [7, 11) is 0. The molecule has 0 spiro atoms. The molecule has 6 heteroatoms. The van der Waals surface area contributed by atoms with Crippen LogP contribution < -0.4 is 10.6 Å². The molecule has 3 rings (SSSR count). The lowest BCUT2D eigenvalue weighted by molar-refractivity contribution is 0.0940. The van der Waals surface area contributed by atoms with E-state index in [0.29, 0.717) is 23.4 Å². The predicted molar refractivity (Wildman–Crippen MR) is 109 cm³/mol. The van der Waals surface area contributed by atoms with Gasteiger partial charge in [-0.2, -0.15) is 0 Å². The Hall–Kier alpha value is -3.41. The summed E-state index contributed by atoms with van der Waals surface area (Å²) in [6.07, 6.45) is 6.21. The molecular formula is C22H24N4O2. The summed E-state index contributed by atoms with van der Waals surface area (Å²) in [5, 5.41) is 5.78. The maximum Gasteiger partial charge on any atom is 0.255 e. The van der Waals surface area contributed by atoms with E-state index in [1.165, 1.54) is 0 Å². The summed E-state index contributed by atoms with van der Waals surface area (Å²) < 4.78 is 1.96. The Morgan fingerprint density at radius 2 is 1.82 bits per heavy atom. The van der Waals surface area contributed by atoms with E-state index < -0.39 is 0 Å². The average Bonchev–Trinajstić information content (AvgIpc) is 3.21. The van der Waals surface area contributed by atoms with Crippen molar-refractivity contribution in [2.24, 2.45) is 0 Å². The number of anilines is 1. The minimum atomic E-state index is -0.252. The van der Waals surface area contributed by atoms with Gasteiger partial charge in [0.2, 0.25) is 0 Å². The van der Waals surface area contributed by atoms with E-state index >= 15 is 0 Å². The van der Waals surface area contributed by atoms with Crippen molar-refractivity contribution >= 4 is 17.5 Å². The Bertz CT molecular complexity index is 933. The highest BCUT2D eigenvalue weighted by molar-refractivity contribution is 6.09. The van der Waals surface area contributed by atoms with Gasteiger partial charge in [0, 0.05) is 30.5 Å². The van der Waals surface area contributed by atoms with Crippen LogP contribution in [0.4, 0.5) is 5.69 Å². The molecule has 1 heterocycles. The number of nitrogens with one attached hydrogen (secondary N) is 2. The third-order valence-corrected chi connectivity index (χ3v) is 4.55. The summed E-state index contributed by atoms with van der Waals surface area (Å²) in [5.41, 5.74) is 2.55. The highest BCUT2D eigenvalue weighted by atomic mass is 16.2. The first-order chi connectivity index (χ1) is 13.6. The van der Waals surface area contributed by atoms with E-state index in [-0.39, 0.29) is 17.9 Å². The standard InChI is InChI=1S/C22H24N4O2/c1-3-16(2)24-22(28)19-6-4-5-7-20(19)25-21(27)18-10-8-17(9-11-18)14-26-13-12-23-15-26/h4-13,15-16H,3,14H2,1-2H3,(H,24,28)(H,25,27). The largest absolute Gasteiger partial charge is 0.350 e. The van der Waals surface area contributed by atoms with Gasteiger partial charge in [0.05, 0.1) is 17.6 Å². The number of rotatable bonds is 7. The van der Waals surface area contributed by atoms with Crippen LogP contribution in [0, 0.1) is 0 Å². The second-order valence-corrected chi connectivity index (χ2v) is 6.71. The van der Waals surface area contributed by atoms with Crippen LogP contribution in [0.5, 0.6) is 0 Å². The van der Waals surface area contributed by atoms with Crippen molar-refractivity contribution in [3.63, 3.8) is 0 Å². The molecular weight excluding hydrogens is 352 g/mol. The SMILES string of the molecule is CCC(C)NC(=O)c1ccccc1NC(=O)c1ccc(Cn2ccnc2)cc1. The Morgan fingerprint density at radius 3 is 2.50 bits per heavy atom. The van der Waals surface area contributed by atoms with Crippen molar-refractivity contribution in [1.29, 1.82) is 0 Å². The zero-order chi connectivity index (χ0) is 19.9. The second-order valence-electron chi connectivity index (χ2n) is 6.71. The lowest BCUT2D eigenvalue weighted by Crippen LogP contribution is -2.32. The van der Waals surface area contributed by atoms with Crippen molar-refractivity contribution in [1.82, 2.24) is 14.9 Å². The molecule has 0 aliphatic heterocycles. The van der Waals surface area contributed by atoms with Crippen LogP contribution >= 0.6 is 0 Å². The van der Waals surface area contributed by atoms with E-state index in [1.54, 1.807) is 48.9 Å². The first-order valence-electron chi connectivity index (χ1n) is 9.32. The van der Waals surface area contributed by atoms with Crippen LogP contribution in [0.15, 0.2) is 67.3 Å². The number of benzene rings is 2. The van der Waals surface area contributed by atoms with Crippen molar-refractivity contribution in [3.8, 4) is 0 Å². The van der Waals surface area contributed by atoms with Crippen LogP contribution in [0.2, 0.25) is 0 Å². The minimum Gasteiger partial charge on any atom is -0.350 e. The number of hydrogen-bond acceptors (Lipinski definition) is 3. The van der Waals surface area contributed by atoms with Gasteiger partial charge in [-0.3, -0.25) is 9.59 Å². The molecule has 0 bridgehead atoms. The normalized spacial score (nSPS) is 11.6. The number of carbonyl (C=O) groups is 2. The molecule has 6 nitrogen and oxygen atoms in total. The molecule has 1 atom stereocenters. The summed E-state index contributed by atoms with van der Waals surface area (Å²) in [6.45, 7) is 4.65. The summed E-state index contributed by atoms with van der Waals surface area (Å²) in [6, 6.07) is 14.5. The van der Waals surface area contributed by atoms with E-state index in [1.807, 2.05) is 36.7 Å². The van der Waals surface area contributed by atoms with Crippen LogP contribution in [-0.2, 0) is 6.54 Å². The van der Waals surface area contributed by atoms with Gasteiger partial charge < -0.3 is 15.2 Å². The highest BCUT2D eigenvalue weighted by Crippen LogP contribution is 2.17. The molecule has 0 saturated carbocycles. The molecule has 1 aromatic heterocycles. The number of aromatic nitrogens is 2. The van der Waals surface area contributed by atoms with Gasteiger partial charge in [-0.25, -0.2) is 4.98 Å². The number of hydrogen-bond donors (Lipinski definition) is 2. The summed E-state index contributed by atoms with van der Waals surface area (Å²) in [5.74, 6) is -0.445. The minimum absolute atomic E-state index is 0.0688. The van der Waals surface area contributed by atoms with Gasteiger partial charge in [-0.15, -0.1) is 0 Å². The molecule has 1 unspecified atom stereocenters. The zero-order valence-electron chi connectivity index (χ0n) is 16.1. The van der Waals surface area contributed by atoms with E-state index in [0.717, 1.165) is 12.0 Å². The number of para-hydroxylation sites is 1. The molecule has 2 aromatic carbocycles. The maximum atomic E-state index is 12.6. The van der Waals surface area contributed by atoms with Crippen molar-refractivity contribution < 1.29 is 9.59 Å². The lowest BCUT2D eigenvalue weighted by atomic mass is 10.1. The van der Waals surface area contributed by atoms with Gasteiger partial charge in [-0.1, -0.05) is 31.2 Å². The smallest absolute Gasteiger partial charge is 0.255 e. The number of carbonyl (C=O) groups excluding carboxylic acids is 2. The topological polar surface area (TPSA) is 76.0 Å². The van der Waals surface area contributed by atoms with Crippen LogP contribution in [0.3, 0.4) is 0 Å². The molecule has 3 aromatic rings. The van der Waals surface area contributed by atoms with Gasteiger partial charge in [0.1, 0.15) is 0 Å². The average molecular weight is 376 g/mol. The molecule has 144 valence electrons. The van der Waals surface area contributed by atoms with Crippen molar-refractivity contribution in [2.45, 2.75) is 32.9 Å². The number of imidazole rings is 1. The van der Waals surface area contributed by atoms with Crippen molar-refractivity contribution in [2.75, 3.05) is 5.32 Å².